The highest BCUT2D eigenvalue weighted by atomic mass is 19.4. The first-order valence-electron chi connectivity index (χ1n) is 5.43. The number of hydrogen-bond donors (Lipinski definition) is 1. The summed E-state index contributed by atoms with van der Waals surface area (Å²) in [5, 5.41) is 9.55. The molecule has 1 unspecified atom stereocenters. The first-order chi connectivity index (χ1) is 7.90. The van der Waals surface area contributed by atoms with Crippen LogP contribution < -0.4 is 4.74 Å². The van der Waals surface area contributed by atoms with Crippen molar-refractivity contribution in [2.24, 2.45) is 0 Å². The van der Waals surface area contributed by atoms with Gasteiger partial charge < -0.3 is 9.84 Å². The lowest BCUT2D eigenvalue weighted by Crippen LogP contribution is -2.17. The molecule has 0 heterocycles. The molecule has 17 heavy (non-hydrogen) atoms. The van der Waals surface area contributed by atoms with Crippen molar-refractivity contribution in [3.8, 4) is 5.75 Å². The van der Waals surface area contributed by atoms with Crippen molar-refractivity contribution in [3.63, 3.8) is 0 Å². The van der Waals surface area contributed by atoms with E-state index in [-0.39, 0.29) is 5.75 Å². The molecule has 0 saturated heterocycles. The number of alkyl halides is 3. The van der Waals surface area contributed by atoms with Gasteiger partial charge in [0.1, 0.15) is 5.75 Å². The van der Waals surface area contributed by atoms with Crippen LogP contribution >= 0.6 is 0 Å². The Bertz CT molecular complexity index is 333. The number of rotatable bonds is 5. The summed E-state index contributed by atoms with van der Waals surface area (Å²) < 4.78 is 39.4. The standard InChI is InChI=1S/C12H15F3O2/c1-2-3-10(16)8-9-4-6-11(7-5-9)17-12(13,14)15/h4-7,10,16H,2-3,8H2,1H3. The number of aliphatic hydroxyl groups excluding tert-OH is 1. The van der Waals surface area contributed by atoms with E-state index in [4.69, 9.17) is 0 Å². The fourth-order valence-electron chi connectivity index (χ4n) is 1.53. The average Bonchev–Trinajstić information content (AvgIpc) is 2.19. The Labute approximate surface area is 98.0 Å². The third-order valence-electron chi connectivity index (χ3n) is 2.25. The first kappa shape index (κ1) is 13.8. The van der Waals surface area contributed by atoms with E-state index in [0.29, 0.717) is 12.8 Å². The quantitative estimate of drug-likeness (QED) is 0.866. The van der Waals surface area contributed by atoms with E-state index in [1.165, 1.54) is 24.3 Å². The van der Waals surface area contributed by atoms with Crippen LogP contribution in [-0.4, -0.2) is 17.6 Å². The highest BCUT2D eigenvalue weighted by Gasteiger charge is 2.30. The molecule has 0 fully saturated rings. The summed E-state index contributed by atoms with van der Waals surface area (Å²) in [5.41, 5.74) is 0.792. The zero-order chi connectivity index (χ0) is 12.9. The summed E-state index contributed by atoms with van der Waals surface area (Å²) in [6.45, 7) is 1.96. The predicted molar refractivity (Wildman–Crippen MR) is 57.7 cm³/mol. The van der Waals surface area contributed by atoms with Crippen molar-refractivity contribution in [1.29, 1.82) is 0 Å². The van der Waals surface area contributed by atoms with Gasteiger partial charge in [-0.25, -0.2) is 0 Å². The molecule has 5 heteroatoms. The number of benzene rings is 1. The Morgan fingerprint density at radius 3 is 2.29 bits per heavy atom. The van der Waals surface area contributed by atoms with Crippen LogP contribution in [0.25, 0.3) is 0 Å². The molecule has 1 N–H and O–H groups in total. The van der Waals surface area contributed by atoms with Crippen molar-refractivity contribution in [3.05, 3.63) is 29.8 Å². The minimum atomic E-state index is -4.66. The Balaban J connectivity index is 2.56. The van der Waals surface area contributed by atoms with E-state index in [1.807, 2.05) is 6.92 Å². The van der Waals surface area contributed by atoms with Gasteiger partial charge in [-0.15, -0.1) is 13.2 Å². The van der Waals surface area contributed by atoms with Crippen molar-refractivity contribution < 1.29 is 23.0 Å². The second-order valence-electron chi connectivity index (χ2n) is 3.84. The van der Waals surface area contributed by atoms with Gasteiger partial charge in [-0.2, -0.15) is 0 Å². The lowest BCUT2D eigenvalue weighted by molar-refractivity contribution is -0.274. The monoisotopic (exact) mass is 248 g/mol. The third kappa shape index (κ3) is 5.58. The van der Waals surface area contributed by atoms with Crippen LogP contribution in [0, 0.1) is 0 Å². The molecule has 0 aromatic heterocycles. The molecular formula is C12H15F3O2. The molecule has 0 amide bonds. The molecule has 0 aliphatic rings. The third-order valence-corrected chi connectivity index (χ3v) is 2.25. The summed E-state index contributed by atoms with van der Waals surface area (Å²) in [5.74, 6) is -0.244. The van der Waals surface area contributed by atoms with Gasteiger partial charge in [-0.05, 0) is 30.5 Å². The lowest BCUT2D eigenvalue weighted by Gasteiger charge is -2.11. The van der Waals surface area contributed by atoms with Gasteiger partial charge in [-0.3, -0.25) is 0 Å². The maximum atomic E-state index is 11.9. The van der Waals surface area contributed by atoms with Crippen molar-refractivity contribution in [1.82, 2.24) is 0 Å². The molecule has 1 aromatic rings. The topological polar surface area (TPSA) is 29.5 Å². The number of halogens is 3. The molecule has 1 aromatic carbocycles. The summed E-state index contributed by atoms with van der Waals surface area (Å²) >= 11 is 0. The minimum Gasteiger partial charge on any atom is -0.406 e. The van der Waals surface area contributed by atoms with Crippen molar-refractivity contribution >= 4 is 0 Å². The molecule has 0 aliphatic heterocycles. The Morgan fingerprint density at radius 1 is 1.24 bits per heavy atom. The molecule has 0 spiro atoms. The number of ether oxygens (including phenoxy) is 1. The van der Waals surface area contributed by atoms with Gasteiger partial charge in [0.2, 0.25) is 0 Å². The van der Waals surface area contributed by atoms with Gasteiger partial charge in [-0.1, -0.05) is 25.5 Å². The maximum absolute atomic E-state index is 11.9. The predicted octanol–water partition coefficient (Wildman–Crippen LogP) is 3.29. The van der Waals surface area contributed by atoms with Crippen molar-refractivity contribution in [2.45, 2.75) is 38.7 Å². The van der Waals surface area contributed by atoms with E-state index in [9.17, 15) is 18.3 Å². The molecule has 1 atom stereocenters. The van der Waals surface area contributed by atoms with Gasteiger partial charge in [0.05, 0.1) is 6.10 Å². The number of hydrogen-bond acceptors (Lipinski definition) is 2. The Hall–Kier alpha value is -1.23. The van der Waals surface area contributed by atoms with Crippen LogP contribution in [0.2, 0.25) is 0 Å². The van der Waals surface area contributed by atoms with Crippen LogP contribution in [-0.2, 0) is 6.42 Å². The fraction of sp³-hybridized carbons (Fsp3) is 0.500. The summed E-state index contributed by atoms with van der Waals surface area (Å²) in [6.07, 6.45) is -3.12. The summed E-state index contributed by atoms with van der Waals surface area (Å²) in [4.78, 5) is 0. The zero-order valence-electron chi connectivity index (χ0n) is 9.50. The normalized spacial score (nSPS) is 13.5. The summed E-state index contributed by atoms with van der Waals surface area (Å²) in [6, 6.07) is 5.56. The minimum absolute atomic E-state index is 0.244. The second kappa shape index (κ2) is 5.91. The maximum Gasteiger partial charge on any atom is 0.573 e. The number of aliphatic hydroxyl groups is 1. The molecule has 2 nitrogen and oxygen atoms in total. The fourth-order valence-corrected chi connectivity index (χ4v) is 1.53. The Morgan fingerprint density at radius 2 is 1.82 bits per heavy atom. The first-order valence-corrected chi connectivity index (χ1v) is 5.43. The average molecular weight is 248 g/mol. The van der Waals surface area contributed by atoms with Gasteiger partial charge in [0.15, 0.2) is 0 Å². The molecule has 1 rings (SSSR count). The zero-order valence-corrected chi connectivity index (χ0v) is 9.50. The van der Waals surface area contributed by atoms with E-state index < -0.39 is 12.5 Å². The molecule has 96 valence electrons. The largest absolute Gasteiger partial charge is 0.573 e. The smallest absolute Gasteiger partial charge is 0.406 e. The summed E-state index contributed by atoms with van der Waals surface area (Å²) in [7, 11) is 0. The van der Waals surface area contributed by atoms with Gasteiger partial charge >= 0.3 is 6.36 Å². The van der Waals surface area contributed by atoms with Gasteiger partial charge in [0, 0.05) is 0 Å². The van der Waals surface area contributed by atoms with E-state index >= 15 is 0 Å². The van der Waals surface area contributed by atoms with Crippen LogP contribution in [0.4, 0.5) is 13.2 Å². The molecule has 0 radical (unpaired) electrons. The van der Waals surface area contributed by atoms with Crippen molar-refractivity contribution in [2.75, 3.05) is 0 Å². The van der Waals surface area contributed by atoms with Crippen LogP contribution in [0.1, 0.15) is 25.3 Å². The molecular weight excluding hydrogens is 233 g/mol. The van der Waals surface area contributed by atoms with E-state index in [2.05, 4.69) is 4.74 Å². The van der Waals surface area contributed by atoms with E-state index in [1.54, 1.807) is 0 Å². The second-order valence-corrected chi connectivity index (χ2v) is 3.84. The molecule has 0 bridgehead atoms. The molecule has 0 aliphatic carbocycles. The molecule has 0 saturated carbocycles. The van der Waals surface area contributed by atoms with Gasteiger partial charge in [0.25, 0.3) is 0 Å². The lowest BCUT2D eigenvalue weighted by atomic mass is 10.0. The highest BCUT2D eigenvalue weighted by molar-refractivity contribution is 5.27. The van der Waals surface area contributed by atoms with Crippen LogP contribution in [0.5, 0.6) is 5.75 Å². The van der Waals surface area contributed by atoms with Crippen LogP contribution in [0.15, 0.2) is 24.3 Å². The SMILES string of the molecule is CCCC(O)Cc1ccc(OC(F)(F)F)cc1. The van der Waals surface area contributed by atoms with E-state index in [0.717, 1.165) is 12.0 Å². The van der Waals surface area contributed by atoms with Crippen LogP contribution in [0.3, 0.4) is 0 Å². The Kier molecular flexibility index (Phi) is 4.81. The highest BCUT2D eigenvalue weighted by Crippen LogP contribution is 2.23.